The monoisotopic (exact) mass is 369 g/mol. The molecule has 0 spiro atoms. The molecule has 2 amide bonds. The number of hydrogen-bond acceptors (Lipinski definition) is 6. The number of nitrogens with one attached hydrogen (secondary N) is 2. The molecule has 2 rings (SSSR count). The summed E-state index contributed by atoms with van der Waals surface area (Å²) in [5, 5.41) is 14.4. The lowest BCUT2D eigenvalue weighted by Gasteiger charge is -2.37. The van der Waals surface area contributed by atoms with Crippen molar-refractivity contribution in [3.05, 3.63) is 0 Å². The first-order valence-electron chi connectivity index (χ1n) is 8.95. The summed E-state index contributed by atoms with van der Waals surface area (Å²) in [5.41, 5.74) is 5.44. The third kappa shape index (κ3) is 4.51. The Morgan fingerprint density at radius 3 is 2.50 bits per heavy atom. The van der Waals surface area contributed by atoms with Crippen molar-refractivity contribution >= 4 is 23.8 Å². The molecule has 2 unspecified atom stereocenters. The van der Waals surface area contributed by atoms with Gasteiger partial charge in [-0.05, 0) is 31.6 Å². The summed E-state index contributed by atoms with van der Waals surface area (Å²) in [4.78, 5) is 46.8. The van der Waals surface area contributed by atoms with E-state index in [1.54, 1.807) is 0 Å². The number of nitrogens with two attached hydrogens (primary N) is 1. The second-order valence-electron chi connectivity index (χ2n) is 7.30. The number of carbonyl (C=O) groups is 4. The van der Waals surface area contributed by atoms with E-state index in [-0.39, 0.29) is 36.2 Å². The zero-order valence-corrected chi connectivity index (χ0v) is 15.2. The number of carbonyl (C=O) groups excluding carboxylic acids is 3. The summed E-state index contributed by atoms with van der Waals surface area (Å²) in [6.45, 7) is 5.33. The molecule has 1 heterocycles. The highest BCUT2D eigenvalue weighted by Gasteiger charge is 2.51. The molecule has 0 aromatic heterocycles. The number of esters is 1. The van der Waals surface area contributed by atoms with E-state index in [1.807, 2.05) is 13.8 Å². The first kappa shape index (κ1) is 20.2. The van der Waals surface area contributed by atoms with E-state index in [0.29, 0.717) is 6.42 Å². The van der Waals surface area contributed by atoms with Gasteiger partial charge < -0.3 is 26.2 Å². The minimum atomic E-state index is -1.14. The lowest BCUT2D eigenvalue weighted by Crippen LogP contribution is -2.56. The first-order chi connectivity index (χ1) is 12.1. The van der Waals surface area contributed by atoms with Gasteiger partial charge in [0.15, 0.2) is 6.10 Å². The Morgan fingerprint density at radius 2 is 2.00 bits per heavy atom. The first-order valence-corrected chi connectivity index (χ1v) is 8.95. The second kappa shape index (κ2) is 8.03. The van der Waals surface area contributed by atoms with Crippen LogP contribution in [-0.2, 0) is 23.9 Å². The second-order valence-corrected chi connectivity index (χ2v) is 7.30. The van der Waals surface area contributed by atoms with Crippen LogP contribution in [0.3, 0.4) is 0 Å². The zero-order chi connectivity index (χ0) is 19.6. The van der Waals surface area contributed by atoms with Crippen LogP contribution in [0.25, 0.3) is 0 Å². The number of hydrogen-bond donors (Lipinski definition) is 4. The molecule has 2 aliphatic rings. The maximum atomic E-state index is 12.3. The quantitative estimate of drug-likeness (QED) is 0.396. The fourth-order valence-corrected chi connectivity index (χ4v) is 3.11. The number of carboxylic acids is 1. The molecule has 146 valence electrons. The van der Waals surface area contributed by atoms with E-state index in [2.05, 4.69) is 10.6 Å². The van der Waals surface area contributed by atoms with Crippen LogP contribution in [0.2, 0.25) is 0 Å². The minimum Gasteiger partial charge on any atom is -0.480 e. The number of carboxylic acid groups (broad SMARTS) is 1. The number of ether oxygens (including phenoxy) is 1. The molecule has 9 heteroatoms. The number of cyclic esters (lactones) is 1. The predicted molar refractivity (Wildman–Crippen MR) is 90.7 cm³/mol. The van der Waals surface area contributed by atoms with Crippen molar-refractivity contribution in [2.75, 3.05) is 0 Å². The molecule has 0 radical (unpaired) electrons. The standard InChI is InChI=1S/C17H27N3O6/c1-4-7(2)12-13(26-17(12)25)15(22)19-10-5-9(10)6-11(16(23)24)20-14(21)8(3)18/h7-13H,4-6,18H2,1-3H3,(H,19,22)(H,20,21)(H,23,24)/t7?,8-,9+,10-,11-,12-,13?/m0/s1. The van der Waals surface area contributed by atoms with E-state index in [1.165, 1.54) is 6.92 Å². The molecular weight excluding hydrogens is 342 g/mol. The highest BCUT2D eigenvalue weighted by molar-refractivity contribution is 5.94. The van der Waals surface area contributed by atoms with Crippen molar-refractivity contribution in [1.29, 1.82) is 0 Å². The number of rotatable bonds is 9. The van der Waals surface area contributed by atoms with Gasteiger partial charge in [-0.15, -0.1) is 0 Å². The van der Waals surface area contributed by atoms with Crippen molar-refractivity contribution in [2.24, 2.45) is 23.5 Å². The van der Waals surface area contributed by atoms with Gasteiger partial charge in [0.05, 0.1) is 6.04 Å². The summed E-state index contributed by atoms with van der Waals surface area (Å²) in [6, 6.07) is -2.01. The molecule has 7 atom stereocenters. The average Bonchev–Trinajstić information content (AvgIpc) is 3.28. The van der Waals surface area contributed by atoms with Gasteiger partial charge in [0.25, 0.3) is 5.91 Å². The van der Waals surface area contributed by atoms with Crippen molar-refractivity contribution < 1.29 is 29.0 Å². The van der Waals surface area contributed by atoms with Crippen molar-refractivity contribution in [2.45, 2.75) is 64.3 Å². The fourth-order valence-electron chi connectivity index (χ4n) is 3.11. The average molecular weight is 369 g/mol. The summed E-state index contributed by atoms with van der Waals surface area (Å²) in [7, 11) is 0. The molecule has 1 saturated heterocycles. The highest BCUT2D eigenvalue weighted by atomic mass is 16.6. The Labute approximate surface area is 152 Å². The van der Waals surface area contributed by atoms with Gasteiger partial charge in [0.1, 0.15) is 12.0 Å². The topological polar surface area (TPSA) is 148 Å². The Morgan fingerprint density at radius 1 is 1.35 bits per heavy atom. The Balaban J connectivity index is 1.82. The molecule has 0 aromatic carbocycles. The van der Waals surface area contributed by atoms with Gasteiger partial charge in [-0.3, -0.25) is 14.4 Å². The molecule has 26 heavy (non-hydrogen) atoms. The summed E-state index contributed by atoms with van der Waals surface area (Å²) in [6.07, 6.45) is 0.831. The molecule has 2 fully saturated rings. The largest absolute Gasteiger partial charge is 0.480 e. The van der Waals surface area contributed by atoms with Gasteiger partial charge >= 0.3 is 11.9 Å². The normalized spacial score (nSPS) is 30.2. The molecule has 0 bridgehead atoms. The van der Waals surface area contributed by atoms with Gasteiger partial charge in [-0.1, -0.05) is 20.3 Å². The Bertz CT molecular complexity index is 593. The molecule has 0 aromatic rings. The maximum Gasteiger partial charge on any atom is 0.326 e. The van der Waals surface area contributed by atoms with Crippen LogP contribution in [0.4, 0.5) is 0 Å². The summed E-state index contributed by atoms with van der Waals surface area (Å²) < 4.78 is 4.98. The number of aliphatic carboxylic acids is 1. The Hall–Kier alpha value is -2.16. The molecule has 1 aliphatic heterocycles. The van der Waals surface area contributed by atoms with E-state index in [4.69, 9.17) is 10.5 Å². The van der Waals surface area contributed by atoms with Gasteiger partial charge in [-0.25, -0.2) is 4.79 Å². The third-order valence-electron chi connectivity index (χ3n) is 5.17. The summed E-state index contributed by atoms with van der Waals surface area (Å²) in [5.74, 6) is -2.77. The third-order valence-corrected chi connectivity index (χ3v) is 5.17. The minimum absolute atomic E-state index is 0.0498. The van der Waals surface area contributed by atoms with Crippen LogP contribution in [0, 0.1) is 17.8 Å². The number of amides is 2. The highest BCUT2D eigenvalue weighted by Crippen LogP contribution is 2.37. The van der Waals surface area contributed by atoms with Crippen LogP contribution in [0.5, 0.6) is 0 Å². The fraction of sp³-hybridized carbons (Fsp3) is 0.765. The van der Waals surface area contributed by atoms with Crippen molar-refractivity contribution in [3.8, 4) is 0 Å². The van der Waals surface area contributed by atoms with Gasteiger partial charge in [0, 0.05) is 6.04 Å². The zero-order valence-electron chi connectivity index (χ0n) is 15.2. The molecule has 9 nitrogen and oxygen atoms in total. The molecule has 1 saturated carbocycles. The Kier molecular flexibility index (Phi) is 6.22. The lowest BCUT2D eigenvalue weighted by atomic mass is 9.83. The van der Waals surface area contributed by atoms with E-state index < -0.39 is 36.0 Å². The predicted octanol–water partition coefficient (Wildman–Crippen LogP) is -0.614. The van der Waals surface area contributed by atoms with E-state index in [0.717, 1.165) is 6.42 Å². The van der Waals surface area contributed by atoms with Crippen LogP contribution >= 0.6 is 0 Å². The summed E-state index contributed by atoms with van der Waals surface area (Å²) >= 11 is 0. The molecule has 5 N–H and O–H groups in total. The van der Waals surface area contributed by atoms with Crippen LogP contribution in [0.1, 0.15) is 40.0 Å². The van der Waals surface area contributed by atoms with Gasteiger partial charge in [0.2, 0.25) is 5.91 Å². The van der Waals surface area contributed by atoms with E-state index >= 15 is 0 Å². The van der Waals surface area contributed by atoms with Crippen LogP contribution < -0.4 is 16.4 Å². The smallest absolute Gasteiger partial charge is 0.326 e. The van der Waals surface area contributed by atoms with Crippen molar-refractivity contribution in [3.63, 3.8) is 0 Å². The lowest BCUT2D eigenvalue weighted by molar-refractivity contribution is -0.193. The van der Waals surface area contributed by atoms with E-state index in [9.17, 15) is 24.3 Å². The molecular formula is C17H27N3O6. The van der Waals surface area contributed by atoms with Crippen LogP contribution in [0.15, 0.2) is 0 Å². The SMILES string of the molecule is CCC(C)[C@@H]1C(=O)OC1C(=O)N[C@H]1C[C@@H]1C[C@H](NC(=O)[C@H](C)N)C(=O)O. The van der Waals surface area contributed by atoms with Crippen LogP contribution in [-0.4, -0.2) is 53.1 Å². The van der Waals surface area contributed by atoms with Gasteiger partial charge in [-0.2, -0.15) is 0 Å². The maximum absolute atomic E-state index is 12.3. The molecule has 1 aliphatic carbocycles. The van der Waals surface area contributed by atoms with Crippen molar-refractivity contribution in [1.82, 2.24) is 10.6 Å².